The highest BCUT2D eigenvalue weighted by Crippen LogP contribution is 2.30. The lowest BCUT2D eigenvalue weighted by Crippen LogP contribution is -2.08. The predicted octanol–water partition coefficient (Wildman–Crippen LogP) is 5.28. The fourth-order valence-corrected chi connectivity index (χ4v) is 2.80. The molecule has 0 unspecified atom stereocenters. The average molecular weight is 354 g/mol. The third-order valence-corrected chi connectivity index (χ3v) is 3.95. The maximum absolute atomic E-state index is 12.7. The van der Waals surface area contributed by atoms with E-state index in [4.69, 9.17) is 11.6 Å². The lowest BCUT2D eigenvalue weighted by atomic mass is 10.1. The third kappa shape index (κ3) is 3.24. The standard InChI is InChI=1S/C17H15ClF3N3/c1-10(2)24-15(22-13-7-8-14(18)23-16(13)24)9-11-3-5-12(6-4-11)17(19,20)21/h3-8,10H,9H2,1-2H3. The number of alkyl halides is 3. The van der Waals surface area contributed by atoms with Crippen LogP contribution in [0.15, 0.2) is 36.4 Å². The monoisotopic (exact) mass is 353 g/mol. The smallest absolute Gasteiger partial charge is 0.310 e. The number of hydrogen-bond donors (Lipinski definition) is 0. The van der Waals surface area contributed by atoms with Crippen molar-refractivity contribution in [3.8, 4) is 0 Å². The zero-order chi connectivity index (χ0) is 17.5. The Morgan fingerprint density at radius 3 is 2.29 bits per heavy atom. The molecule has 0 aliphatic carbocycles. The average Bonchev–Trinajstić information content (AvgIpc) is 2.84. The van der Waals surface area contributed by atoms with Gasteiger partial charge in [-0.1, -0.05) is 23.7 Å². The first kappa shape index (κ1) is 16.8. The second-order valence-electron chi connectivity index (χ2n) is 5.84. The van der Waals surface area contributed by atoms with Crippen LogP contribution < -0.4 is 0 Å². The van der Waals surface area contributed by atoms with Crippen LogP contribution in [-0.2, 0) is 12.6 Å². The molecule has 0 bridgehead atoms. The normalized spacial score (nSPS) is 12.3. The van der Waals surface area contributed by atoms with Crippen molar-refractivity contribution >= 4 is 22.8 Å². The fraction of sp³-hybridized carbons (Fsp3) is 0.294. The second-order valence-corrected chi connectivity index (χ2v) is 6.23. The molecule has 0 spiro atoms. The molecule has 0 fully saturated rings. The van der Waals surface area contributed by atoms with Crippen molar-refractivity contribution in [2.75, 3.05) is 0 Å². The summed E-state index contributed by atoms with van der Waals surface area (Å²) in [4.78, 5) is 8.88. The highest BCUT2D eigenvalue weighted by molar-refractivity contribution is 6.29. The number of fused-ring (bicyclic) bond motifs is 1. The number of imidazole rings is 1. The minimum Gasteiger partial charge on any atom is -0.310 e. The number of rotatable bonds is 3. The lowest BCUT2D eigenvalue weighted by molar-refractivity contribution is -0.137. The van der Waals surface area contributed by atoms with E-state index in [2.05, 4.69) is 9.97 Å². The largest absolute Gasteiger partial charge is 0.416 e. The second kappa shape index (κ2) is 6.09. The molecule has 0 aliphatic rings. The number of hydrogen-bond acceptors (Lipinski definition) is 2. The molecule has 2 heterocycles. The Labute approximate surface area is 142 Å². The summed E-state index contributed by atoms with van der Waals surface area (Å²) >= 11 is 5.97. The molecule has 3 aromatic rings. The summed E-state index contributed by atoms with van der Waals surface area (Å²) in [6.45, 7) is 4.00. The zero-order valence-corrected chi connectivity index (χ0v) is 13.9. The van der Waals surface area contributed by atoms with E-state index >= 15 is 0 Å². The van der Waals surface area contributed by atoms with Gasteiger partial charge in [0.05, 0.1) is 5.56 Å². The van der Waals surface area contributed by atoms with Gasteiger partial charge in [-0.25, -0.2) is 9.97 Å². The van der Waals surface area contributed by atoms with E-state index in [1.54, 1.807) is 12.1 Å². The number of aromatic nitrogens is 3. The first-order chi connectivity index (χ1) is 11.3. The van der Waals surface area contributed by atoms with Gasteiger partial charge in [0.25, 0.3) is 0 Å². The Balaban J connectivity index is 1.99. The molecular formula is C17H15ClF3N3. The van der Waals surface area contributed by atoms with Gasteiger partial charge < -0.3 is 4.57 Å². The summed E-state index contributed by atoms with van der Waals surface area (Å²) < 4.78 is 39.9. The van der Waals surface area contributed by atoms with Crippen molar-refractivity contribution in [1.82, 2.24) is 14.5 Å². The van der Waals surface area contributed by atoms with Crippen LogP contribution in [0.25, 0.3) is 11.2 Å². The molecule has 0 atom stereocenters. The SMILES string of the molecule is CC(C)n1c(Cc2ccc(C(F)(F)F)cc2)nc2ccc(Cl)nc21. The molecule has 3 nitrogen and oxygen atoms in total. The molecule has 0 saturated carbocycles. The maximum atomic E-state index is 12.7. The van der Waals surface area contributed by atoms with E-state index in [-0.39, 0.29) is 6.04 Å². The topological polar surface area (TPSA) is 30.7 Å². The Kier molecular flexibility index (Phi) is 4.25. The molecule has 0 aliphatic heterocycles. The van der Waals surface area contributed by atoms with Gasteiger partial charge >= 0.3 is 6.18 Å². The van der Waals surface area contributed by atoms with Gasteiger partial charge in [0.15, 0.2) is 5.65 Å². The van der Waals surface area contributed by atoms with Gasteiger partial charge in [-0.05, 0) is 43.7 Å². The van der Waals surface area contributed by atoms with Gasteiger partial charge in [-0.3, -0.25) is 0 Å². The molecule has 126 valence electrons. The molecule has 0 N–H and O–H groups in total. The van der Waals surface area contributed by atoms with Gasteiger partial charge in [0.1, 0.15) is 16.5 Å². The summed E-state index contributed by atoms with van der Waals surface area (Å²) in [5.74, 6) is 0.745. The summed E-state index contributed by atoms with van der Waals surface area (Å²) in [5, 5.41) is 0.380. The van der Waals surface area contributed by atoms with Crippen molar-refractivity contribution in [2.24, 2.45) is 0 Å². The maximum Gasteiger partial charge on any atom is 0.416 e. The third-order valence-electron chi connectivity index (χ3n) is 3.74. The van der Waals surface area contributed by atoms with E-state index < -0.39 is 11.7 Å². The highest BCUT2D eigenvalue weighted by atomic mass is 35.5. The van der Waals surface area contributed by atoms with Crippen LogP contribution in [-0.4, -0.2) is 14.5 Å². The van der Waals surface area contributed by atoms with Crippen molar-refractivity contribution < 1.29 is 13.2 Å². The first-order valence-electron chi connectivity index (χ1n) is 7.45. The van der Waals surface area contributed by atoms with Gasteiger partial charge in [-0.2, -0.15) is 13.2 Å². The van der Waals surface area contributed by atoms with Gasteiger partial charge in [0, 0.05) is 12.5 Å². The van der Waals surface area contributed by atoms with Crippen LogP contribution >= 0.6 is 11.6 Å². The van der Waals surface area contributed by atoms with E-state index in [1.165, 1.54) is 12.1 Å². The van der Waals surface area contributed by atoms with E-state index in [9.17, 15) is 13.2 Å². The predicted molar refractivity (Wildman–Crippen MR) is 87.2 cm³/mol. The van der Waals surface area contributed by atoms with Crippen LogP contribution in [0.2, 0.25) is 5.15 Å². The van der Waals surface area contributed by atoms with Crippen LogP contribution in [0.3, 0.4) is 0 Å². The van der Waals surface area contributed by atoms with Crippen LogP contribution in [0, 0.1) is 0 Å². The molecule has 3 rings (SSSR count). The molecule has 2 aromatic heterocycles. The quantitative estimate of drug-likeness (QED) is 0.600. The van der Waals surface area contributed by atoms with Gasteiger partial charge in [0.2, 0.25) is 0 Å². The molecule has 1 aromatic carbocycles. The van der Waals surface area contributed by atoms with Crippen molar-refractivity contribution in [3.05, 3.63) is 58.5 Å². The summed E-state index contributed by atoms with van der Waals surface area (Å²) in [5.41, 5.74) is 1.50. The molecule has 24 heavy (non-hydrogen) atoms. The summed E-state index contributed by atoms with van der Waals surface area (Å²) in [6.07, 6.45) is -3.91. The van der Waals surface area contributed by atoms with E-state index in [1.807, 2.05) is 18.4 Å². The van der Waals surface area contributed by atoms with E-state index in [0.29, 0.717) is 17.2 Å². The van der Waals surface area contributed by atoms with Crippen LogP contribution in [0.5, 0.6) is 0 Å². The summed E-state index contributed by atoms with van der Waals surface area (Å²) in [6, 6.07) is 8.70. The Bertz CT molecular complexity index is 867. The Morgan fingerprint density at radius 1 is 1.04 bits per heavy atom. The molecular weight excluding hydrogens is 339 g/mol. The van der Waals surface area contributed by atoms with E-state index in [0.717, 1.165) is 29.0 Å². The first-order valence-corrected chi connectivity index (χ1v) is 7.83. The lowest BCUT2D eigenvalue weighted by Gasteiger charge is -2.13. The highest BCUT2D eigenvalue weighted by Gasteiger charge is 2.30. The van der Waals surface area contributed by atoms with Crippen molar-refractivity contribution in [1.29, 1.82) is 0 Å². The summed E-state index contributed by atoms with van der Waals surface area (Å²) in [7, 11) is 0. The number of benzene rings is 1. The minimum atomic E-state index is -4.33. The molecule has 0 saturated heterocycles. The van der Waals surface area contributed by atoms with Gasteiger partial charge in [-0.15, -0.1) is 0 Å². The fourth-order valence-electron chi connectivity index (χ4n) is 2.66. The van der Waals surface area contributed by atoms with Crippen LogP contribution in [0.1, 0.15) is 36.8 Å². The molecule has 7 heteroatoms. The minimum absolute atomic E-state index is 0.102. The molecule has 0 amide bonds. The Morgan fingerprint density at radius 2 is 1.71 bits per heavy atom. The number of pyridine rings is 1. The van der Waals surface area contributed by atoms with Crippen molar-refractivity contribution in [2.45, 2.75) is 32.5 Å². The molecule has 0 radical (unpaired) electrons. The van der Waals surface area contributed by atoms with Crippen LogP contribution in [0.4, 0.5) is 13.2 Å². The van der Waals surface area contributed by atoms with Crippen molar-refractivity contribution in [3.63, 3.8) is 0 Å². The number of nitrogens with zero attached hydrogens (tertiary/aromatic N) is 3. The zero-order valence-electron chi connectivity index (χ0n) is 13.1. The number of halogens is 4. The Hall–Kier alpha value is -2.08.